The van der Waals surface area contributed by atoms with Crippen LogP contribution in [0.1, 0.15) is 36.0 Å². The minimum Gasteiger partial charge on any atom is -0.307 e. The molecule has 2 aromatic rings. The van der Waals surface area contributed by atoms with E-state index < -0.39 is 6.03 Å². The number of pyridine rings is 1. The van der Waals surface area contributed by atoms with E-state index in [1.165, 1.54) is 12.4 Å². The number of rotatable bonds is 4. The van der Waals surface area contributed by atoms with Gasteiger partial charge in [0.1, 0.15) is 4.34 Å². The summed E-state index contributed by atoms with van der Waals surface area (Å²) >= 11 is 6.94. The van der Waals surface area contributed by atoms with Gasteiger partial charge in [0.15, 0.2) is 10.9 Å². The van der Waals surface area contributed by atoms with Crippen LogP contribution in [0.4, 0.5) is 15.6 Å². The lowest BCUT2D eigenvalue weighted by atomic mass is 9.96. The molecule has 0 radical (unpaired) electrons. The van der Waals surface area contributed by atoms with E-state index in [2.05, 4.69) is 20.6 Å². The number of aromatic nitrogens is 2. The molecule has 1 aliphatic rings. The standard InChI is InChI=1S/C15H15ClN4O2S/c16-12-8-18-15(23-12)20-14(22)19-11-5-6-17-7-10(11)13(21)9-3-1-2-4-9/h5-9H,1-4H2,(H2,17,18,19,20,22). The molecule has 0 unspecified atom stereocenters. The van der Waals surface area contributed by atoms with Gasteiger partial charge < -0.3 is 5.32 Å². The fraction of sp³-hybridized carbons (Fsp3) is 0.333. The molecule has 2 N–H and O–H groups in total. The Kier molecular flexibility index (Phi) is 4.88. The third-order valence-corrected chi connectivity index (χ3v) is 4.79. The molecule has 0 spiro atoms. The Morgan fingerprint density at radius 2 is 2.00 bits per heavy atom. The van der Waals surface area contributed by atoms with Crippen LogP contribution in [0.25, 0.3) is 0 Å². The van der Waals surface area contributed by atoms with Crippen molar-refractivity contribution in [1.29, 1.82) is 0 Å². The number of Topliss-reactive ketones (excluding diaryl/α,β-unsaturated/α-hetero) is 1. The summed E-state index contributed by atoms with van der Waals surface area (Å²) < 4.78 is 0.487. The lowest BCUT2D eigenvalue weighted by molar-refractivity contribution is 0.0923. The summed E-state index contributed by atoms with van der Waals surface area (Å²) in [6.07, 6.45) is 8.46. The molecule has 0 bridgehead atoms. The maximum Gasteiger partial charge on any atom is 0.325 e. The molecule has 3 rings (SSSR count). The van der Waals surface area contributed by atoms with E-state index in [0.29, 0.717) is 20.7 Å². The number of anilines is 2. The van der Waals surface area contributed by atoms with Gasteiger partial charge in [-0.05, 0) is 18.9 Å². The van der Waals surface area contributed by atoms with Crippen LogP contribution >= 0.6 is 22.9 Å². The monoisotopic (exact) mass is 350 g/mol. The topological polar surface area (TPSA) is 84.0 Å². The van der Waals surface area contributed by atoms with Crippen LogP contribution in [-0.4, -0.2) is 21.8 Å². The Balaban J connectivity index is 1.72. The lowest BCUT2D eigenvalue weighted by Crippen LogP contribution is -2.22. The molecular formula is C15H15ClN4O2S. The first kappa shape index (κ1) is 15.9. The Bertz CT molecular complexity index is 728. The maximum atomic E-state index is 12.6. The number of carbonyl (C=O) groups excluding carboxylic acids is 2. The van der Waals surface area contributed by atoms with E-state index in [4.69, 9.17) is 11.6 Å². The van der Waals surface area contributed by atoms with E-state index in [0.717, 1.165) is 37.0 Å². The van der Waals surface area contributed by atoms with Crippen LogP contribution in [-0.2, 0) is 0 Å². The molecule has 2 amide bonds. The molecule has 0 atom stereocenters. The quantitative estimate of drug-likeness (QED) is 0.809. The first-order valence-electron chi connectivity index (χ1n) is 7.31. The number of urea groups is 1. The average Bonchev–Trinajstić information content (AvgIpc) is 3.19. The minimum absolute atomic E-state index is 0.0283. The molecule has 0 aromatic carbocycles. The van der Waals surface area contributed by atoms with E-state index in [-0.39, 0.29) is 11.7 Å². The molecule has 0 saturated heterocycles. The molecule has 23 heavy (non-hydrogen) atoms. The average molecular weight is 351 g/mol. The smallest absolute Gasteiger partial charge is 0.307 e. The van der Waals surface area contributed by atoms with Gasteiger partial charge in [-0.1, -0.05) is 35.8 Å². The summed E-state index contributed by atoms with van der Waals surface area (Å²) in [6.45, 7) is 0. The van der Waals surface area contributed by atoms with Gasteiger partial charge in [-0.15, -0.1) is 0 Å². The van der Waals surface area contributed by atoms with Gasteiger partial charge in [-0.2, -0.15) is 0 Å². The fourth-order valence-electron chi connectivity index (χ4n) is 2.67. The highest BCUT2D eigenvalue weighted by atomic mass is 35.5. The summed E-state index contributed by atoms with van der Waals surface area (Å²) in [5, 5.41) is 5.67. The SMILES string of the molecule is O=C(Nc1ncc(Cl)s1)Nc1ccncc1C(=O)C1CCCC1. The fourth-order valence-corrected chi connectivity index (χ4v) is 3.48. The van der Waals surface area contributed by atoms with Crippen molar-refractivity contribution < 1.29 is 9.59 Å². The van der Waals surface area contributed by atoms with Crippen LogP contribution in [0.3, 0.4) is 0 Å². The highest BCUT2D eigenvalue weighted by Crippen LogP contribution is 2.30. The largest absolute Gasteiger partial charge is 0.325 e. The highest BCUT2D eigenvalue weighted by Gasteiger charge is 2.26. The molecule has 1 saturated carbocycles. The van der Waals surface area contributed by atoms with Gasteiger partial charge in [0, 0.05) is 18.3 Å². The zero-order chi connectivity index (χ0) is 16.2. The predicted octanol–water partition coefficient (Wildman–Crippen LogP) is 4.21. The first-order valence-corrected chi connectivity index (χ1v) is 8.50. The highest BCUT2D eigenvalue weighted by molar-refractivity contribution is 7.19. The van der Waals surface area contributed by atoms with Gasteiger partial charge in [0.05, 0.1) is 17.4 Å². The normalized spacial score (nSPS) is 14.7. The molecule has 6 nitrogen and oxygen atoms in total. The number of amides is 2. The van der Waals surface area contributed by atoms with Crippen LogP contribution in [0.5, 0.6) is 0 Å². The van der Waals surface area contributed by atoms with Crippen molar-refractivity contribution in [3.63, 3.8) is 0 Å². The molecule has 8 heteroatoms. The van der Waals surface area contributed by atoms with E-state index in [1.807, 2.05) is 0 Å². The van der Waals surface area contributed by atoms with E-state index >= 15 is 0 Å². The number of carbonyl (C=O) groups is 2. The number of nitrogens with one attached hydrogen (secondary N) is 2. The zero-order valence-electron chi connectivity index (χ0n) is 12.2. The van der Waals surface area contributed by atoms with Crippen molar-refractivity contribution >= 4 is 45.6 Å². The van der Waals surface area contributed by atoms with Gasteiger partial charge in [0.2, 0.25) is 0 Å². The number of ketones is 1. The molecule has 1 aliphatic carbocycles. The number of hydrogen-bond donors (Lipinski definition) is 2. The van der Waals surface area contributed by atoms with E-state index in [1.54, 1.807) is 12.3 Å². The van der Waals surface area contributed by atoms with Gasteiger partial charge in [0.25, 0.3) is 0 Å². The van der Waals surface area contributed by atoms with Crippen molar-refractivity contribution in [3.05, 3.63) is 34.6 Å². The number of nitrogens with zero attached hydrogens (tertiary/aromatic N) is 2. The van der Waals surface area contributed by atoms with Gasteiger partial charge in [-0.3, -0.25) is 15.1 Å². The number of hydrogen-bond acceptors (Lipinski definition) is 5. The Morgan fingerprint density at radius 3 is 2.70 bits per heavy atom. The predicted molar refractivity (Wildman–Crippen MR) is 90.3 cm³/mol. The molecule has 2 heterocycles. The van der Waals surface area contributed by atoms with Crippen LogP contribution in [0.2, 0.25) is 4.34 Å². The lowest BCUT2D eigenvalue weighted by Gasteiger charge is -2.13. The summed E-state index contributed by atoms with van der Waals surface area (Å²) in [7, 11) is 0. The van der Waals surface area contributed by atoms with Crippen LogP contribution in [0, 0.1) is 5.92 Å². The Hall–Kier alpha value is -1.99. The third kappa shape index (κ3) is 3.86. The summed E-state index contributed by atoms with van der Waals surface area (Å²) in [5.41, 5.74) is 0.906. The van der Waals surface area contributed by atoms with Crippen molar-refractivity contribution in [3.8, 4) is 0 Å². The summed E-state index contributed by atoms with van der Waals surface area (Å²) in [4.78, 5) is 32.6. The summed E-state index contributed by atoms with van der Waals surface area (Å²) in [6, 6.07) is 1.15. The van der Waals surface area contributed by atoms with Gasteiger partial charge >= 0.3 is 6.03 Å². The maximum absolute atomic E-state index is 12.6. The molecule has 0 aliphatic heterocycles. The second-order valence-electron chi connectivity index (χ2n) is 5.32. The molecule has 2 aromatic heterocycles. The Labute approximate surface area is 142 Å². The molecule has 120 valence electrons. The third-order valence-electron chi connectivity index (χ3n) is 3.76. The van der Waals surface area contributed by atoms with Crippen LogP contribution < -0.4 is 10.6 Å². The number of halogens is 1. The number of thiazole rings is 1. The van der Waals surface area contributed by atoms with Crippen LogP contribution in [0.15, 0.2) is 24.7 Å². The Morgan fingerprint density at radius 1 is 1.22 bits per heavy atom. The molecular weight excluding hydrogens is 336 g/mol. The van der Waals surface area contributed by atoms with Crippen molar-refractivity contribution in [2.45, 2.75) is 25.7 Å². The van der Waals surface area contributed by atoms with Gasteiger partial charge in [-0.25, -0.2) is 9.78 Å². The first-order chi connectivity index (χ1) is 11.1. The molecule has 1 fully saturated rings. The minimum atomic E-state index is -0.470. The zero-order valence-corrected chi connectivity index (χ0v) is 13.8. The van der Waals surface area contributed by atoms with Crippen molar-refractivity contribution in [2.24, 2.45) is 5.92 Å². The van der Waals surface area contributed by atoms with Crippen molar-refractivity contribution in [1.82, 2.24) is 9.97 Å². The second-order valence-corrected chi connectivity index (χ2v) is 6.98. The second kappa shape index (κ2) is 7.06. The van der Waals surface area contributed by atoms with Crippen molar-refractivity contribution in [2.75, 3.05) is 10.6 Å². The summed E-state index contributed by atoms with van der Waals surface area (Å²) in [5.74, 6) is 0.0729. The van der Waals surface area contributed by atoms with E-state index in [9.17, 15) is 9.59 Å².